The summed E-state index contributed by atoms with van der Waals surface area (Å²) in [5, 5.41) is -0.337. The van der Waals surface area contributed by atoms with Crippen LogP contribution in [0.5, 0.6) is 0 Å². The van der Waals surface area contributed by atoms with Gasteiger partial charge in [0.1, 0.15) is 11.9 Å². The molecule has 23 heavy (non-hydrogen) atoms. The Kier molecular flexibility index (Phi) is 5.34. The first-order valence-electron chi connectivity index (χ1n) is 6.36. The summed E-state index contributed by atoms with van der Waals surface area (Å²) in [5.74, 6) is -1.51. The van der Waals surface area contributed by atoms with Gasteiger partial charge < -0.3 is 9.72 Å². The fraction of sp³-hybridized carbons (Fsp3) is 0.231. The van der Waals surface area contributed by atoms with Crippen LogP contribution in [0.25, 0.3) is 0 Å². The van der Waals surface area contributed by atoms with E-state index < -0.39 is 27.9 Å². The van der Waals surface area contributed by atoms with Gasteiger partial charge in [0.2, 0.25) is 10.0 Å². The molecule has 0 aliphatic rings. The average Bonchev–Trinajstić information content (AvgIpc) is 3.01. The van der Waals surface area contributed by atoms with Crippen molar-refractivity contribution in [1.82, 2.24) is 14.7 Å². The first-order chi connectivity index (χ1) is 10.8. The van der Waals surface area contributed by atoms with Crippen LogP contribution in [0.15, 0.2) is 35.6 Å². The molecule has 7 nitrogen and oxygen atoms in total. The second-order valence-electron chi connectivity index (χ2n) is 4.55. The van der Waals surface area contributed by atoms with Crippen LogP contribution in [0.4, 0.5) is 4.39 Å². The molecule has 0 aliphatic heterocycles. The molecule has 2 aromatic rings. The van der Waals surface area contributed by atoms with Gasteiger partial charge in [0.05, 0.1) is 23.4 Å². The van der Waals surface area contributed by atoms with Crippen LogP contribution in [-0.4, -0.2) is 37.5 Å². The van der Waals surface area contributed by atoms with Crippen LogP contribution >= 0.6 is 11.6 Å². The number of hydrogen-bond acceptors (Lipinski definition) is 5. The summed E-state index contributed by atoms with van der Waals surface area (Å²) in [7, 11) is -2.95. The number of carbonyl (C=O) groups excluding carboxylic acids is 1. The van der Waals surface area contributed by atoms with E-state index in [1.54, 1.807) is 0 Å². The van der Waals surface area contributed by atoms with Gasteiger partial charge in [-0.2, -0.15) is 4.72 Å². The highest BCUT2D eigenvalue weighted by atomic mass is 35.5. The molecule has 10 heteroatoms. The van der Waals surface area contributed by atoms with E-state index in [9.17, 15) is 17.6 Å². The largest absolute Gasteiger partial charge is 0.468 e. The maximum absolute atomic E-state index is 13.2. The molecule has 0 radical (unpaired) electrons. The number of esters is 1. The zero-order chi connectivity index (χ0) is 17.0. The number of carbonyl (C=O) groups is 1. The minimum Gasteiger partial charge on any atom is -0.468 e. The van der Waals surface area contributed by atoms with E-state index in [0.717, 1.165) is 25.3 Å². The Morgan fingerprint density at radius 3 is 2.83 bits per heavy atom. The van der Waals surface area contributed by atoms with Crippen molar-refractivity contribution in [3.05, 3.63) is 47.3 Å². The highest BCUT2D eigenvalue weighted by Crippen LogP contribution is 2.19. The van der Waals surface area contributed by atoms with Gasteiger partial charge in [-0.25, -0.2) is 17.8 Å². The summed E-state index contributed by atoms with van der Waals surface area (Å²) >= 11 is 5.59. The first kappa shape index (κ1) is 17.4. The topological polar surface area (TPSA) is 101 Å². The molecule has 1 aromatic carbocycles. The monoisotopic (exact) mass is 361 g/mol. The molecule has 1 aromatic heterocycles. The maximum atomic E-state index is 13.2. The van der Waals surface area contributed by atoms with E-state index in [4.69, 9.17) is 11.6 Å². The molecule has 0 fully saturated rings. The number of ether oxygens (including phenoxy) is 1. The SMILES string of the molecule is COC(=O)C(Cc1cnc[nH]1)NS(=O)(=O)c1ccc(F)c(Cl)c1. The first-order valence-corrected chi connectivity index (χ1v) is 8.22. The van der Waals surface area contributed by atoms with Crippen molar-refractivity contribution in [2.75, 3.05) is 7.11 Å². The number of sulfonamides is 1. The van der Waals surface area contributed by atoms with Gasteiger partial charge in [0.15, 0.2) is 0 Å². The molecule has 0 saturated carbocycles. The molecule has 1 unspecified atom stereocenters. The number of H-pyrrole nitrogens is 1. The zero-order valence-electron chi connectivity index (χ0n) is 11.9. The summed E-state index contributed by atoms with van der Waals surface area (Å²) in [4.78, 5) is 18.1. The maximum Gasteiger partial charge on any atom is 0.324 e. The minimum atomic E-state index is -4.09. The van der Waals surface area contributed by atoms with Crippen molar-refractivity contribution in [3.63, 3.8) is 0 Å². The predicted molar refractivity (Wildman–Crippen MR) is 79.8 cm³/mol. The number of imidazole rings is 1. The van der Waals surface area contributed by atoms with Gasteiger partial charge >= 0.3 is 5.97 Å². The highest BCUT2D eigenvalue weighted by molar-refractivity contribution is 7.89. The Hall–Kier alpha value is -1.97. The number of benzene rings is 1. The Labute approximate surface area is 136 Å². The number of aromatic amines is 1. The molecule has 0 amide bonds. The molecular weight excluding hydrogens is 349 g/mol. The smallest absolute Gasteiger partial charge is 0.324 e. The molecule has 0 bridgehead atoms. The van der Waals surface area contributed by atoms with E-state index in [2.05, 4.69) is 19.4 Å². The molecule has 2 rings (SSSR count). The molecule has 124 valence electrons. The standard InChI is InChI=1S/C13H13ClFN3O4S/c1-22-13(19)12(4-8-6-16-7-17-8)18-23(20,21)9-2-3-11(15)10(14)5-9/h2-3,5-7,12,18H,4H2,1H3,(H,16,17). The van der Waals surface area contributed by atoms with Gasteiger partial charge in [0, 0.05) is 18.3 Å². The Morgan fingerprint density at radius 1 is 1.52 bits per heavy atom. The van der Waals surface area contributed by atoms with Crippen molar-refractivity contribution in [1.29, 1.82) is 0 Å². The summed E-state index contributed by atoms with van der Waals surface area (Å²) < 4.78 is 44.6. The number of halogens is 2. The van der Waals surface area contributed by atoms with Gasteiger partial charge in [-0.3, -0.25) is 4.79 Å². The number of aromatic nitrogens is 2. The van der Waals surface area contributed by atoms with E-state index in [1.165, 1.54) is 12.5 Å². The highest BCUT2D eigenvalue weighted by Gasteiger charge is 2.27. The van der Waals surface area contributed by atoms with Gasteiger partial charge in [0.25, 0.3) is 0 Å². The van der Waals surface area contributed by atoms with E-state index >= 15 is 0 Å². The van der Waals surface area contributed by atoms with Crippen LogP contribution in [-0.2, 0) is 26.0 Å². The summed E-state index contributed by atoms with van der Waals surface area (Å²) in [6.07, 6.45) is 2.87. The lowest BCUT2D eigenvalue weighted by atomic mass is 10.2. The third-order valence-electron chi connectivity index (χ3n) is 2.96. The molecule has 1 heterocycles. The second kappa shape index (κ2) is 7.07. The number of hydrogen-bond donors (Lipinski definition) is 2. The molecule has 0 spiro atoms. The summed E-state index contributed by atoms with van der Waals surface area (Å²) in [6, 6.07) is 1.77. The second-order valence-corrected chi connectivity index (χ2v) is 6.68. The van der Waals surface area contributed by atoms with Crippen LogP contribution in [0.1, 0.15) is 5.69 Å². The molecule has 0 aliphatic carbocycles. The number of rotatable bonds is 6. The molecule has 2 N–H and O–H groups in total. The third kappa shape index (κ3) is 4.27. The molecule has 0 saturated heterocycles. The Bertz CT molecular complexity index is 796. The van der Waals surface area contributed by atoms with Crippen LogP contribution in [0.3, 0.4) is 0 Å². The predicted octanol–water partition coefficient (Wildman–Crippen LogP) is 1.26. The van der Waals surface area contributed by atoms with Crippen LogP contribution < -0.4 is 4.72 Å². The van der Waals surface area contributed by atoms with Gasteiger partial charge in [-0.05, 0) is 18.2 Å². The quantitative estimate of drug-likeness (QED) is 0.754. The summed E-state index contributed by atoms with van der Waals surface area (Å²) in [5.41, 5.74) is 0.542. The lowest BCUT2D eigenvalue weighted by Crippen LogP contribution is -2.43. The summed E-state index contributed by atoms with van der Waals surface area (Å²) in [6.45, 7) is 0. The Morgan fingerprint density at radius 2 is 2.26 bits per heavy atom. The van der Waals surface area contributed by atoms with Crippen molar-refractivity contribution in [2.45, 2.75) is 17.4 Å². The number of methoxy groups -OCH3 is 1. The third-order valence-corrected chi connectivity index (χ3v) is 4.72. The van der Waals surface area contributed by atoms with E-state index in [0.29, 0.717) is 5.69 Å². The van der Waals surface area contributed by atoms with Crippen molar-refractivity contribution >= 4 is 27.6 Å². The van der Waals surface area contributed by atoms with Gasteiger partial charge in [-0.15, -0.1) is 0 Å². The molecular formula is C13H13ClFN3O4S. The average molecular weight is 362 g/mol. The van der Waals surface area contributed by atoms with E-state index in [-0.39, 0.29) is 16.3 Å². The Balaban J connectivity index is 2.26. The van der Waals surface area contributed by atoms with Crippen molar-refractivity contribution < 1.29 is 22.3 Å². The minimum absolute atomic E-state index is 0.0147. The van der Waals surface area contributed by atoms with Crippen molar-refractivity contribution in [3.8, 4) is 0 Å². The van der Waals surface area contributed by atoms with Crippen molar-refractivity contribution in [2.24, 2.45) is 0 Å². The number of nitrogens with zero attached hydrogens (tertiary/aromatic N) is 1. The lowest BCUT2D eigenvalue weighted by Gasteiger charge is -2.16. The zero-order valence-corrected chi connectivity index (χ0v) is 13.5. The van der Waals surface area contributed by atoms with Crippen LogP contribution in [0.2, 0.25) is 5.02 Å². The normalized spacial score (nSPS) is 12.8. The fourth-order valence-electron chi connectivity index (χ4n) is 1.83. The fourth-order valence-corrected chi connectivity index (χ4v) is 3.29. The van der Waals surface area contributed by atoms with Crippen LogP contribution in [0, 0.1) is 5.82 Å². The molecule has 1 atom stereocenters. The lowest BCUT2D eigenvalue weighted by molar-refractivity contribution is -0.142. The van der Waals surface area contributed by atoms with E-state index in [1.807, 2.05) is 0 Å². The van der Waals surface area contributed by atoms with Gasteiger partial charge in [-0.1, -0.05) is 11.6 Å². The number of nitrogens with one attached hydrogen (secondary N) is 2.